The molecule has 0 fully saturated rings. The molecule has 0 unspecified atom stereocenters. The summed E-state index contributed by atoms with van der Waals surface area (Å²) in [5.41, 5.74) is 0. The molecule has 0 aliphatic heterocycles. The minimum absolute atomic E-state index is 0. The standard InChI is InChI=1S/Al.FH2O4P.Li.H4Si.4H/c;1-5-6(2,3)4;;;;;;/h;(H2,2,3,4);;1H4;;;;. The first kappa shape index (κ1) is 22.4. The molecule has 0 radical (unpaired) electrons. The summed E-state index contributed by atoms with van der Waals surface area (Å²) in [6.07, 6.45) is 0. The predicted octanol–water partition coefficient (Wildman–Crippen LogP) is -3.30. The molecule has 0 aromatic carbocycles. The van der Waals surface area contributed by atoms with Crippen LogP contribution in [0.3, 0.4) is 0 Å². The van der Waals surface area contributed by atoms with E-state index in [1.165, 1.54) is 0 Å². The molecule has 0 aromatic rings. The fraction of sp³-hybridized carbons (Fsp3) is 0. The molecule has 0 aliphatic rings. The Bertz CT molecular complexity index is 84.6. The number of phosphoric acid groups is 1. The minimum atomic E-state index is -4.81. The third kappa shape index (κ3) is 26.6. The van der Waals surface area contributed by atoms with Crippen molar-refractivity contribution in [2.24, 2.45) is 0 Å². The van der Waals surface area contributed by atoms with Crippen molar-refractivity contribution in [1.82, 2.24) is 0 Å². The van der Waals surface area contributed by atoms with E-state index in [4.69, 9.17) is 14.4 Å². The van der Waals surface area contributed by atoms with Crippen molar-refractivity contribution >= 4 is 55.0 Å². The van der Waals surface area contributed by atoms with Crippen molar-refractivity contribution in [1.29, 1.82) is 0 Å². The van der Waals surface area contributed by atoms with Gasteiger partial charge in [0.2, 0.25) is 0 Å². The maximum absolute atomic E-state index is 10.2. The molecule has 0 atom stereocenters. The summed E-state index contributed by atoms with van der Waals surface area (Å²) in [7, 11) is -4.81. The summed E-state index contributed by atoms with van der Waals surface area (Å²) in [5.74, 6) is 0. The van der Waals surface area contributed by atoms with Gasteiger partial charge in [0.05, 0.1) is 0 Å². The van der Waals surface area contributed by atoms with Gasteiger partial charge in [-0.05, 0) is 15.5 Å². The van der Waals surface area contributed by atoms with Gasteiger partial charge in [0.1, 0.15) is 0 Å². The maximum Gasteiger partial charge on any atom is -0.0149 e. The van der Waals surface area contributed by atoms with Gasteiger partial charge in [0.15, 0.2) is 17.4 Å². The van der Waals surface area contributed by atoms with Gasteiger partial charge in [-0.2, -0.15) is 0 Å². The van der Waals surface area contributed by atoms with Crippen LogP contribution >= 0.6 is 7.82 Å². The monoisotopic (exact) mass is 186 g/mol. The third-order valence-corrected chi connectivity index (χ3v) is 0.270. The van der Waals surface area contributed by atoms with E-state index in [0.717, 1.165) is 0 Å². The molecule has 0 aliphatic carbocycles. The molecule has 4 nitrogen and oxygen atoms in total. The van der Waals surface area contributed by atoms with E-state index in [0.29, 0.717) is 0 Å². The summed E-state index contributed by atoms with van der Waals surface area (Å²) in [5, 5.41) is 0. The molecular formula is H10AlFLiO4PSi. The molecule has 54 valence electrons. The Morgan fingerprint density at radius 3 is 1.56 bits per heavy atom. The van der Waals surface area contributed by atoms with Crippen LogP contribution < -0.4 is 0 Å². The maximum atomic E-state index is 10.2. The Morgan fingerprint density at radius 1 is 1.44 bits per heavy atom. The van der Waals surface area contributed by atoms with Gasteiger partial charge in [0.25, 0.3) is 0 Å². The summed E-state index contributed by atoms with van der Waals surface area (Å²) in [6, 6.07) is 0. The molecule has 0 spiro atoms. The number of halogens is 1. The fourth-order valence-electron chi connectivity index (χ4n) is 0. The van der Waals surface area contributed by atoms with Crippen LogP contribution in [0.4, 0.5) is 4.53 Å². The van der Waals surface area contributed by atoms with Crippen LogP contribution in [0.15, 0.2) is 0 Å². The van der Waals surface area contributed by atoms with Gasteiger partial charge < -0.3 is 9.79 Å². The fourth-order valence-corrected chi connectivity index (χ4v) is 0. The first-order valence-corrected chi connectivity index (χ1v) is 2.45. The van der Waals surface area contributed by atoms with Crippen LogP contribution in [0.1, 0.15) is 0 Å². The molecule has 0 saturated carbocycles. The van der Waals surface area contributed by atoms with Gasteiger partial charge in [0, 0.05) is 0 Å². The second-order valence-corrected chi connectivity index (χ2v) is 1.68. The average molecular weight is 186 g/mol. The number of rotatable bonds is 1. The van der Waals surface area contributed by atoms with Gasteiger partial charge >= 0.3 is 26.7 Å². The van der Waals surface area contributed by atoms with Gasteiger partial charge in [-0.1, -0.05) is 4.73 Å². The number of hydrogen-bond acceptors (Lipinski definition) is 2. The Hall–Kier alpha value is 1.39. The smallest absolute Gasteiger partial charge is 0.0149 e. The van der Waals surface area contributed by atoms with Gasteiger partial charge in [-0.25, -0.2) is 4.57 Å². The van der Waals surface area contributed by atoms with E-state index < -0.39 is 7.82 Å². The van der Waals surface area contributed by atoms with Gasteiger partial charge in [-0.3, -0.25) is 0 Å². The zero-order valence-corrected chi connectivity index (χ0v) is 3.43. The second-order valence-electron chi connectivity index (χ2n) is 0.560. The second kappa shape index (κ2) is 9.39. The van der Waals surface area contributed by atoms with Crippen LogP contribution in [-0.2, 0) is 9.29 Å². The number of hydrogen-bond donors (Lipinski definition) is 2. The quantitative estimate of drug-likeness (QED) is 0.332. The zero-order chi connectivity index (χ0) is 5.21. The molecule has 0 amide bonds. The van der Waals surface area contributed by atoms with E-state index in [1.807, 2.05) is 0 Å². The SMILES string of the molecule is O=P(O)(O)OF.[AlH3].[LiH].[SiH4]. The Kier molecular flexibility index (Phi) is 23.4. The summed E-state index contributed by atoms with van der Waals surface area (Å²) >= 11 is 0. The molecule has 0 heterocycles. The first-order chi connectivity index (χ1) is 2.56. The van der Waals surface area contributed by atoms with Crippen LogP contribution in [0.5, 0.6) is 0 Å². The zero-order valence-electron chi connectivity index (χ0n) is 2.54. The van der Waals surface area contributed by atoms with E-state index in [2.05, 4.69) is 4.73 Å². The van der Waals surface area contributed by atoms with Crippen molar-refractivity contribution in [3.05, 3.63) is 0 Å². The summed E-state index contributed by atoms with van der Waals surface area (Å²) in [6.45, 7) is 0. The van der Waals surface area contributed by atoms with Crippen LogP contribution in [-0.4, -0.2) is 57.0 Å². The van der Waals surface area contributed by atoms with Crippen molar-refractivity contribution < 1.29 is 23.6 Å². The molecule has 0 saturated heterocycles. The van der Waals surface area contributed by atoms with E-state index in [9.17, 15) is 4.53 Å². The van der Waals surface area contributed by atoms with Crippen molar-refractivity contribution in [3.63, 3.8) is 0 Å². The van der Waals surface area contributed by atoms with E-state index >= 15 is 0 Å². The molecule has 0 bridgehead atoms. The molecule has 9 heavy (non-hydrogen) atoms. The van der Waals surface area contributed by atoms with Crippen LogP contribution in [0.25, 0.3) is 0 Å². The summed E-state index contributed by atoms with van der Waals surface area (Å²) < 4.78 is 21.4. The third-order valence-electron chi connectivity index (χ3n) is 0.0899. The molecular weight excluding hydrogens is 176 g/mol. The van der Waals surface area contributed by atoms with Crippen LogP contribution in [0, 0.1) is 0 Å². The molecule has 9 heteroatoms. The Morgan fingerprint density at radius 2 is 1.56 bits per heavy atom. The first-order valence-electron chi connectivity index (χ1n) is 0.919. The van der Waals surface area contributed by atoms with E-state index in [-0.39, 0.29) is 47.2 Å². The topological polar surface area (TPSA) is 66.8 Å². The van der Waals surface area contributed by atoms with E-state index in [1.54, 1.807) is 0 Å². The molecule has 2 N–H and O–H groups in total. The van der Waals surface area contributed by atoms with Crippen molar-refractivity contribution in [3.8, 4) is 0 Å². The summed E-state index contributed by atoms with van der Waals surface area (Å²) in [4.78, 5) is 14.7. The van der Waals surface area contributed by atoms with Crippen molar-refractivity contribution in [2.75, 3.05) is 0 Å². The molecule has 0 aromatic heterocycles. The Balaban J connectivity index is -0.0000000417. The normalized spacial score (nSPS) is 7.89. The Labute approximate surface area is 78.6 Å². The average Bonchev–Trinajstić information content (AvgIpc) is 1.35. The van der Waals surface area contributed by atoms with Crippen LogP contribution in [0.2, 0.25) is 0 Å². The predicted molar refractivity (Wildman–Crippen MR) is 42.7 cm³/mol. The van der Waals surface area contributed by atoms with Crippen molar-refractivity contribution in [2.45, 2.75) is 0 Å². The van der Waals surface area contributed by atoms with Gasteiger partial charge in [-0.15, -0.1) is 0 Å². The molecule has 0 rings (SSSR count). The largest absolute Gasteiger partial charge is 0.0149 e. The minimum Gasteiger partial charge on any atom is -0.0149 e.